The van der Waals surface area contributed by atoms with Crippen molar-refractivity contribution in [2.24, 2.45) is 0 Å². The number of carbonyl (C=O) groups is 1. The standard InChI is InChI=1S/C15H17ClN6O/c16-10-3-1-9(2-4-10)14(23)11-8-19-5-6-22(11)13-7-12(17)20-15(18)21-13/h1-4,7,11,19H,5-6,8H2,(H4,17,18,20,21). The van der Waals surface area contributed by atoms with Gasteiger partial charge in [0.25, 0.3) is 0 Å². The summed E-state index contributed by atoms with van der Waals surface area (Å²) in [5, 5.41) is 3.83. The molecule has 1 aromatic heterocycles. The van der Waals surface area contributed by atoms with E-state index in [9.17, 15) is 4.79 Å². The lowest BCUT2D eigenvalue weighted by molar-refractivity contribution is 0.0950. The average molecular weight is 333 g/mol. The van der Waals surface area contributed by atoms with E-state index in [4.69, 9.17) is 23.1 Å². The van der Waals surface area contributed by atoms with Gasteiger partial charge in [0.15, 0.2) is 5.78 Å². The van der Waals surface area contributed by atoms with Gasteiger partial charge in [-0.05, 0) is 24.3 Å². The predicted octanol–water partition coefficient (Wildman–Crippen LogP) is 0.955. The fourth-order valence-electron chi connectivity index (χ4n) is 2.64. The number of halogens is 1. The van der Waals surface area contributed by atoms with E-state index in [0.29, 0.717) is 29.5 Å². The number of hydrogen-bond acceptors (Lipinski definition) is 7. The second kappa shape index (κ2) is 6.39. The summed E-state index contributed by atoms with van der Waals surface area (Å²) in [7, 11) is 0. The van der Waals surface area contributed by atoms with Gasteiger partial charge in [-0.3, -0.25) is 4.79 Å². The minimum atomic E-state index is -0.390. The van der Waals surface area contributed by atoms with Crippen LogP contribution in [0.2, 0.25) is 5.02 Å². The van der Waals surface area contributed by atoms with Crippen LogP contribution in [0.3, 0.4) is 0 Å². The van der Waals surface area contributed by atoms with Crippen molar-refractivity contribution in [3.05, 3.63) is 40.9 Å². The third-order valence-electron chi connectivity index (χ3n) is 3.72. The van der Waals surface area contributed by atoms with Crippen molar-refractivity contribution < 1.29 is 4.79 Å². The number of Topliss-reactive ketones (excluding diaryl/α,β-unsaturated/α-hetero) is 1. The van der Waals surface area contributed by atoms with Crippen molar-refractivity contribution in [3.63, 3.8) is 0 Å². The topological polar surface area (TPSA) is 110 Å². The first-order valence-corrected chi connectivity index (χ1v) is 7.59. The molecule has 7 nitrogen and oxygen atoms in total. The van der Waals surface area contributed by atoms with E-state index in [-0.39, 0.29) is 17.5 Å². The van der Waals surface area contributed by atoms with Gasteiger partial charge < -0.3 is 21.7 Å². The van der Waals surface area contributed by atoms with Crippen molar-refractivity contribution in [1.29, 1.82) is 0 Å². The summed E-state index contributed by atoms with van der Waals surface area (Å²) < 4.78 is 0. The number of nitrogens with two attached hydrogens (primary N) is 2. The highest BCUT2D eigenvalue weighted by Crippen LogP contribution is 2.21. The first-order chi connectivity index (χ1) is 11.0. The molecule has 0 bridgehead atoms. The van der Waals surface area contributed by atoms with Gasteiger partial charge >= 0.3 is 0 Å². The zero-order valence-corrected chi connectivity index (χ0v) is 13.1. The molecule has 0 spiro atoms. The molecule has 0 saturated carbocycles. The summed E-state index contributed by atoms with van der Waals surface area (Å²) in [5.74, 6) is 0.924. The Balaban J connectivity index is 1.92. The van der Waals surface area contributed by atoms with Crippen LogP contribution in [0.1, 0.15) is 10.4 Å². The molecule has 3 rings (SSSR count). The molecule has 23 heavy (non-hydrogen) atoms. The lowest BCUT2D eigenvalue weighted by Gasteiger charge is -2.36. The summed E-state index contributed by atoms with van der Waals surface area (Å²) in [6, 6.07) is 8.09. The third kappa shape index (κ3) is 3.35. The van der Waals surface area contributed by atoms with Gasteiger partial charge in [0.1, 0.15) is 17.7 Å². The summed E-state index contributed by atoms with van der Waals surface area (Å²) in [5.41, 5.74) is 12.0. The summed E-state index contributed by atoms with van der Waals surface area (Å²) in [6.07, 6.45) is 0. The molecule has 1 aliphatic rings. The van der Waals surface area contributed by atoms with Gasteiger partial charge in [-0.25, -0.2) is 0 Å². The van der Waals surface area contributed by atoms with Crippen molar-refractivity contribution in [3.8, 4) is 0 Å². The smallest absolute Gasteiger partial charge is 0.223 e. The lowest BCUT2D eigenvalue weighted by atomic mass is 10.0. The van der Waals surface area contributed by atoms with Crippen LogP contribution in [0.25, 0.3) is 0 Å². The Labute approximate surface area is 138 Å². The molecule has 0 radical (unpaired) electrons. The van der Waals surface area contributed by atoms with Crippen LogP contribution < -0.4 is 21.7 Å². The van der Waals surface area contributed by atoms with Gasteiger partial charge in [-0.2, -0.15) is 9.97 Å². The number of aromatic nitrogens is 2. The molecule has 1 aromatic carbocycles. The Hall–Kier alpha value is -2.38. The summed E-state index contributed by atoms with van der Waals surface area (Å²) in [4.78, 5) is 22.8. The van der Waals surface area contributed by atoms with Crippen LogP contribution in [0.15, 0.2) is 30.3 Å². The number of ketones is 1. The van der Waals surface area contributed by atoms with E-state index in [2.05, 4.69) is 15.3 Å². The first-order valence-electron chi connectivity index (χ1n) is 7.22. The van der Waals surface area contributed by atoms with E-state index in [0.717, 1.165) is 6.54 Å². The number of nitrogens with zero attached hydrogens (tertiary/aromatic N) is 3. The number of hydrogen-bond donors (Lipinski definition) is 3. The molecule has 0 aliphatic carbocycles. The van der Waals surface area contributed by atoms with Crippen LogP contribution >= 0.6 is 11.6 Å². The van der Waals surface area contributed by atoms with Crippen LogP contribution in [0, 0.1) is 0 Å². The zero-order chi connectivity index (χ0) is 16.4. The lowest BCUT2D eigenvalue weighted by Crippen LogP contribution is -2.55. The predicted molar refractivity (Wildman–Crippen MR) is 90.6 cm³/mol. The highest BCUT2D eigenvalue weighted by molar-refractivity contribution is 6.30. The molecule has 2 aromatic rings. The summed E-state index contributed by atoms with van der Waals surface area (Å²) >= 11 is 5.88. The van der Waals surface area contributed by atoms with Gasteiger partial charge in [0, 0.05) is 36.3 Å². The number of piperazine rings is 1. The highest BCUT2D eigenvalue weighted by atomic mass is 35.5. The fraction of sp³-hybridized carbons (Fsp3) is 0.267. The second-order valence-electron chi connectivity index (χ2n) is 5.29. The third-order valence-corrected chi connectivity index (χ3v) is 3.97. The van der Waals surface area contributed by atoms with Gasteiger partial charge in [-0.15, -0.1) is 0 Å². The van der Waals surface area contributed by atoms with E-state index >= 15 is 0 Å². The van der Waals surface area contributed by atoms with Gasteiger partial charge in [0.2, 0.25) is 5.95 Å². The normalized spacial score (nSPS) is 18.0. The number of nitrogens with one attached hydrogen (secondary N) is 1. The quantitative estimate of drug-likeness (QED) is 0.718. The molecule has 1 atom stereocenters. The molecule has 1 aliphatic heterocycles. The van der Waals surface area contributed by atoms with Crippen LogP contribution in [0.5, 0.6) is 0 Å². The molecule has 1 fully saturated rings. The fourth-order valence-corrected chi connectivity index (χ4v) is 2.76. The first kappa shape index (κ1) is 15.5. The van der Waals surface area contributed by atoms with Crippen LogP contribution in [-0.4, -0.2) is 41.4 Å². The monoisotopic (exact) mass is 332 g/mol. The Kier molecular flexibility index (Phi) is 4.31. The molecule has 1 saturated heterocycles. The Morgan fingerprint density at radius 2 is 2.00 bits per heavy atom. The number of carbonyl (C=O) groups excluding carboxylic acids is 1. The molecule has 5 N–H and O–H groups in total. The molecule has 8 heteroatoms. The number of anilines is 3. The van der Waals surface area contributed by atoms with E-state index in [1.54, 1.807) is 30.3 Å². The molecular weight excluding hydrogens is 316 g/mol. The average Bonchev–Trinajstić information content (AvgIpc) is 2.54. The maximum atomic E-state index is 12.8. The van der Waals surface area contributed by atoms with Crippen LogP contribution in [0.4, 0.5) is 17.6 Å². The minimum Gasteiger partial charge on any atom is -0.383 e. The Morgan fingerprint density at radius 3 is 2.70 bits per heavy atom. The van der Waals surface area contributed by atoms with E-state index in [1.165, 1.54) is 0 Å². The largest absolute Gasteiger partial charge is 0.383 e. The van der Waals surface area contributed by atoms with Crippen LogP contribution in [-0.2, 0) is 0 Å². The molecule has 0 amide bonds. The van der Waals surface area contributed by atoms with E-state index in [1.807, 2.05) is 4.90 Å². The molecule has 120 valence electrons. The minimum absolute atomic E-state index is 0.00961. The van der Waals surface area contributed by atoms with Crippen molar-refractivity contribution in [1.82, 2.24) is 15.3 Å². The number of rotatable bonds is 3. The Bertz CT molecular complexity index is 700. The highest BCUT2D eigenvalue weighted by Gasteiger charge is 2.30. The molecular formula is C15H17ClN6O. The summed E-state index contributed by atoms with van der Waals surface area (Å²) in [6.45, 7) is 1.89. The van der Waals surface area contributed by atoms with Gasteiger partial charge in [0.05, 0.1) is 0 Å². The number of benzene rings is 1. The molecule has 2 heterocycles. The second-order valence-corrected chi connectivity index (χ2v) is 5.73. The van der Waals surface area contributed by atoms with E-state index < -0.39 is 6.04 Å². The van der Waals surface area contributed by atoms with Crippen molar-refractivity contribution >= 4 is 35.0 Å². The SMILES string of the molecule is Nc1cc(N2CCNCC2C(=O)c2ccc(Cl)cc2)nc(N)n1. The van der Waals surface area contributed by atoms with Gasteiger partial charge in [-0.1, -0.05) is 11.6 Å². The maximum Gasteiger partial charge on any atom is 0.223 e. The van der Waals surface area contributed by atoms with Crippen molar-refractivity contribution in [2.75, 3.05) is 36.0 Å². The zero-order valence-electron chi connectivity index (χ0n) is 12.4. The maximum absolute atomic E-state index is 12.8. The Morgan fingerprint density at radius 1 is 1.26 bits per heavy atom. The molecule has 1 unspecified atom stereocenters. The number of nitrogen functional groups attached to an aromatic ring is 2. The van der Waals surface area contributed by atoms with Crippen molar-refractivity contribution in [2.45, 2.75) is 6.04 Å².